The van der Waals surface area contributed by atoms with Crippen molar-refractivity contribution in [1.82, 2.24) is 0 Å². The Bertz CT molecular complexity index is 841. The first kappa shape index (κ1) is 23.2. The molecule has 5 heteroatoms. The van der Waals surface area contributed by atoms with Gasteiger partial charge in [-0.15, -0.1) is 0 Å². The fourth-order valence-electron chi connectivity index (χ4n) is 6.97. The molecule has 0 aromatic heterocycles. The third kappa shape index (κ3) is 5.00. The summed E-state index contributed by atoms with van der Waals surface area (Å²) in [6.45, 7) is 2.27. The number of hydrogen-bond donors (Lipinski definition) is 0. The minimum atomic E-state index is -0.998. The molecule has 3 aliphatic carbocycles. The van der Waals surface area contributed by atoms with E-state index < -0.39 is 23.2 Å². The van der Waals surface area contributed by atoms with Crippen LogP contribution in [0.1, 0.15) is 89.5 Å². The summed E-state index contributed by atoms with van der Waals surface area (Å²) in [7, 11) is 0. The second-order valence-electron chi connectivity index (χ2n) is 10.4. The lowest BCUT2D eigenvalue weighted by Crippen LogP contribution is -2.42. The first-order chi connectivity index (χ1) is 15.5. The van der Waals surface area contributed by atoms with Crippen molar-refractivity contribution in [2.75, 3.05) is 0 Å². The lowest BCUT2D eigenvalue weighted by atomic mass is 9.55. The minimum Gasteiger partial charge on any atom is -0.426 e. The third-order valence-electron chi connectivity index (χ3n) is 8.54. The molecule has 3 aliphatic rings. The number of hydrogen-bond acceptors (Lipinski definition) is 3. The fraction of sp³-hybridized carbons (Fsp3) is 0.704. The Hall–Kier alpha value is -1.96. The number of nitriles is 1. The van der Waals surface area contributed by atoms with E-state index in [1.807, 2.05) is 0 Å². The highest BCUT2D eigenvalue weighted by Gasteiger charge is 2.45. The molecule has 1 aromatic carbocycles. The van der Waals surface area contributed by atoms with Crippen molar-refractivity contribution in [3.8, 4) is 11.8 Å². The van der Waals surface area contributed by atoms with Crippen LogP contribution < -0.4 is 4.74 Å². The number of esters is 1. The van der Waals surface area contributed by atoms with Gasteiger partial charge in [0.15, 0.2) is 0 Å². The Morgan fingerprint density at radius 1 is 1.00 bits per heavy atom. The predicted octanol–water partition coefficient (Wildman–Crippen LogP) is 7.18. The van der Waals surface area contributed by atoms with Crippen molar-refractivity contribution in [3.63, 3.8) is 0 Å². The van der Waals surface area contributed by atoms with Crippen LogP contribution in [-0.4, -0.2) is 5.97 Å². The highest BCUT2D eigenvalue weighted by molar-refractivity contribution is 5.75. The second kappa shape index (κ2) is 10.3. The van der Waals surface area contributed by atoms with Gasteiger partial charge in [0.25, 0.3) is 0 Å². The van der Waals surface area contributed by atoms with Gasteiger partial charge in [-0.05, 0) is 74.5 Å². The molecule has 0 N–H and O–H groups in total. The van der Waals surface area contributed by atoms with E-state index in [1.165, 1.54) is 63.9 Å². The van der Waals surface area contributed by atoms with E-state index in [-0.39, 0.29) is 11.7 Å². The van der Waals surface area contributed by atoms with Gasteiger partial charge in [0.2, 0.25) is 0 Å². The molecule has 3 nitrogen and oxygen atoms in total. The van der Waals surface area contributed by atoms with Crippen LogP contribution in [0, 0.1) is 58.5 Å². The highest BCUT2D eigenvalue weighted by atomic mass is 19.1. The summed E-state index contributed by atoms with van der Waals surface area (Å²) >= 11 is 0. The summed E-state index contributed by atoms with van der Waals surface area (Å²) in [5.74, 6) is 1.13. The molecule has 3 unspecified atom stereocenters. The van der Waals surface area contributed by atoms with E-state index >= 15 is 0 Å². The van der Waals surface area contributed by atoms with Crippen molar-refractivity contribution < 1.29 is 18.3 Å². The van der Waals surface area contributed by atoms with Gasteiger partial charge in [-0.3, -0.25) is 4.79 Å². The molecule has 0 bridgehead atoms. The Kier molecular flexibility index (Phi) is 7.48. The molecule has 0 heterocycles. The molecule has 32 heavy (non-hydrogen) atoms. The smallest absolute Gasteiger partial charge is 0.314 e. The SMILES string of the molecule is CCCCCC1CCC2C(CC[C@@H]3C[C@H](C(=O)Oc4cc(F)c(C#N)c(F)c4)CC[C@H]23)C1. The molecular formula is C27H35F2NO2. The van der Waals surface area contributed by atoms with E-state index in [0.717, 1.165) is 55.1 Å². The molecule has 6 atom stereocenters. The van der Waals surface area contributed by atoms with Crippen molar-refractivity contribution in [2.24, 2.45) is 35.5 Å². The molecular weight excluding hydrogens is 408 g/mol. The Morgan fingerprint density at radius 3 is 2.31 bits per heavy atom. The summed E-state index contributed by atoms with van der Waals surface area (Å²) in [5, 5.41) is 8.79. The van der Waals surface area contributed by atoms with Crippen LogP contribution in [0.15, 0.2) is 12.1 Å². The van der Waals surface area contributed by atoms with Gasteiger partial charge in [-0.2, -0.15) is 5.26 Å². The number of benzene rings is 1. The van der Waals surface area contributed by atoms with E-state index in [0.29, 0.717) is 5.92 Å². The minimum absolute atomic E-state index is 0.156. The molecule has 3 saturated carbocycles. The van der Waals surface area contributed by atoms with E-state index in [4.69, 9.17) is 10.00 Å². The summed E-state index contributed by atoms with van der Waals surface area (Å²) in [6, 6.07) is 3.34. The van der Waals surface area contributed by atoms with Crippen LogP contribution >= 0.6 is 0 Å². The van der Waals surface area contributed by atoms with Crippen LogP contribution in [-0.2, 0) is 4.79 Å². The van der Waals surface area contributed by atoms with Crippen molar-refractivity contribution in [2.45, 2.75) is 84.0 Å². The van der Waals surface area contributed by atoms with Crippen LogP contribution in [0.2, 0.25) is 0 Å². The van der Waals surface area contributed by atoms with Gasteiger partial charge in [0, 0.05) is 12.1 Å². The largest absolute Gasteiger partial charge is 0.426 e. The zero-order valence-corrected chi connectivity index (χ0v) is 19.1. The molecule has 0 radical (unpaired) electrons. The van der Waals surface area contributed by atoms with E-state index in [1.54, 1.807) is 0 Å². The summed E-state index contributed by atoms with van der Waals surface area (Å²) < 4.78 is 33.0. The first-order valence-corrected chi connectivity index (χ1v) is 12.6. The molecule has 0 aliphatic heterocycles. The standard InChI is InChI=1S/C27H35F2NO2/c1-2-3-4-5-17-6-10-22-18(12-17)7-8-19-13-20(9-11-23(19)22)27(31)32-21-14-25(28)24(16-30)26(29)15-21/h14-15,17-20,22-23H,2-13H2,1H3/t17?,18?,19-,20-,22?,23+/m1/s1. The molecule has 174 valence electrons. The summed E-state index contributed by atoms with van der Waals surface area (Å²) in [6.07, 6.45) is 14.7. The lowest BCUT2D eigenvalue weighted by Gasteiger charge is -2.50. The normalized spacial score (nSPS) is 31.8. The molecule has 3 fully saturated rings. The zero-order valence-electron chi connectivity index (χ0n) is 19.1. The average Bonchev–Trinajstić information content (AvgIpc) is 2.78. The van der Waals surface area contributed by atoms with Gasteiger partial charge < -0.3 is 4.74 Å². The number of ether oxygens (including phenoxy) is 1. The predicted molar refractivity (Wildman–Crippen MR) is 119 cm³/mol. The van der Waals surface area contributed by atoms with Crippen molar-refractivity contribution in [1.29, 1.82) is 5.26 Å². The van der Waals surface area contributed by atoms with Crippen molar-refractivity contribution in [3.05, 3.63) is 29.3 Å². The maximum absolute atomic E-state index is 13.8. The second-order valence-corrected chi connectivity index (χ2v) is 10.4. The van der Waals surface area contributed by atoms with Crippen LogP contribution in [0.5, 0.6) is 5.75 Å². The van der Waals surface area contributed by atoms with Gasteiger partial charge >= 0.3 is 5.97 Å². The number of unbranched alkanes of at least 4 members (excludes halogenated alkanes) is 2. The quantitative estimate of drug-likeness (QED) is 0.266. The number of fused-ring (bicyclic) bond motifs is 3. The van der Waals surface area contributed by atoms with Gasteiger partial charge in [0.05, 0.1) is 5.92 Å². The zero-order chi connectivity index (χ0) is 22.7. The monoisotopic (exact) mass is 443 g/mol. The molecule has 1 aromatic rings. The van der Waals surface area contributed by atoms with Gasteiger partial charge in [-0.1, -0.05) is 39.0 Å². The number of carbonyl (C=O) groups is 1. The van der Waals surface area contributed by atoms with Crippen LogP contribution in [0.4, 0.5) is 8.78 Å². The van der Waals surface area contributed by atoms with Crippen LogP contribution in [0.25, 0.3) is 0 Å². The van der Waals surface area contributed by atoms with E-state index in [9.17, 15) is 13.6 Å². The maximum Gasteiger partial charge on any atom is 0.314 e. The first-order valence-electron chi connectivity index (χ1n) is 12.6. The Balaban J connectivity index is 1.32. The van der Waals surface area contributed by atoms with Gasteiger partial charge in [0.1, 0.15) is 29.0 Å². The summed E-state index contributed by atoms with van der Waals surface area (Å²) in [5.41, 5.74) is -0.651. The number of rotatable bonds is 6. The Labute approximate surface area is 190 Å². The van der Waals surface area contributed by atoms with Crippen LogP contribution in [0.3, 0.4) is 0 Å². The number of nitrogens with zero attached hydrogens (tertiary/aromatic N) is 1. The number of halogens is 2. The van der Waals surface area contributed by atoms with Crippen molar-refractivity contribution >= 4 is 5.97 Å². The molecule has 0 amide bonds. The molecule has 0 spiro atoms. The average molecular weight is 444 g/mol. The summed E-state index contributed by atoms with van der Waals surface area (Å²) in [4.78, 5) is 12.7. The molecule has 0 saturated heterocycles. The van der Waals surface area contributed by atoms with E-state index in [2.05, 4.69) is 6.92 Å². The Morgan fingerprint density at radius 2 is 1.66 bits per heavy atom. The van der Waals surface area contributed by atoms with Gasteiger partial charge in [-0.25, -0.2) is 8.78 Å². The maximum atomic E-state index is 13.8. The number of carbonyl (C=O) groups excluding carboxylic acids is 1. The lowest BCUT2D eigenvalue weighted by molar-refractivity contribution is -0.142. The third-order valence-corrected chi connectivity index (χ3v) is 8.54. The topological polar surface area (TPSA) is 50.1 Å². The fourth-order valence-corrected chi connectivity index (χ4v) is 6.97. The molecule has 4 rings (SSSR count). The highest BCUT2D eigenvalue weighted by Crippen LogP contribution is 2.54.